The molecule has 0 fully saturated rings. The second kappa shape index (κ2) is 5.74. The molecule has 3 aromatic rings. The molecule has 0 unspecified atom stereocenters. The Labute approximate surface area is 175 Å². The Bertz CT molecular complexity index is 1410. The van der Waals surface area contributed by atoms with E-state index < -0.39 is 11.6 Å². The first-order chi connectivity index (χ1) is 14.4. The summed E-state index contributed by atoms with van der Waals surface area (Å²) in [5.41, 5.74) is 9.50. The summed E-state index contributed by atoms with van der Waals surface area (Å²) in [7, 11) is 0. The van der Waals surface area contributed by atoms with Crippen molar-refractivity contribution in [3.8, 4) is 11.4 Å². The number of nitrogens with two attached hydrogens (primary N) is 1. The number of hydrogen-bond donors (Lipinski definition) is 2. The molecule has 1 aromatic carbocycles. The van der Waals surface area contributed by atoms with Crippen LogP contribution in [0.15, 0.2) is 33.3 Å². The third-order valence-electron chi connectivity index (χ3n) is 6.30. The number of thioether (sulfide) groups is 1. The number of ether oxygens (including phenoxy) is 1. The largest absolute Gasteiger partial charge is 0.458 e. The summed E-state index contributed by atoms with van der Waals surface area (Å²) in [5.74, 6) is -0.721. The zero-order chi connectivity index (χ0) is 20.8. The van der Waals surface area contributed by atoms with Crippen LogP contribution in [0.2, 0.25) is 0 Å². The van der Waals surface area contributed by atoms with Crippen LogP contribution < -0.4 is 11.3 Å². The minimum Gasteiger partial charge on any atom is -0.458 e. The van der Waals surface area contributed by atoms with Crippen molar-refractivity contribution in [3.05, 3.63) is 56.2 Å². The molecule has 5 heterocycles. The first-order valence-corrected chi connectivity index (χ1v) is 10.6. The number of anilines is 1. The Balaban J connectivity index is 1.69. The molecule has 150 valence electrons. The number of cyclic esters (lactones) is 1. The molecule has 0 saturated heterocycles. The highest BCUT2D eigenvalue weighted by Gasteiger charge is 2.45. The third kappa shape index (κ3) is 2.02. The van der Waals surface area contributed by atoms with Crippen molar-refractivity contribution in [3.63, 3.8) is 0 Å². The number of pyridine rings is 2. The van der Waals surface area contributed by atoms with E-state index in [1.807, 2.05) is 23.6 Å². The highest BCUT2D eigenvalue weighted by molar-refractivity contribution is 8.02. The van der Waals surface area contributed by atoms with Gasteiger partial charge in [0.2, 0.25) is 0 Å². The molecule has 30 heavy (non-hydrogen) atoms. The van der Waals surface area contributed by atoms with Crippen molar-refractivity contribution in [2.75, 3.05) is 5.73 Å². The second-order valence-corrected chi connectivity index (χ2v) is 8.67. The number of nitrogens with zero attached hydrogens (tertiary/aromatic N) is 2. The molecular formula is C22H17N3O4S. The van der Waals surface area contributed by atoms with E-state index in [4.69, 9.17) is 15.5 Å². The number of aromatic nitrogens is 2. The first-order valence-electron chi connectivity index (χ1n) is 9.69. The Morgan fingerprint density at radius 2 is 2.17 bits per heavy atom. The number of esters is 1. The van der Waals surface area contributed by atoms with Crippen LogP contribution >= 0.6 is 11.8 Å². The summed E-state index contributed by atoms with van der Waals surface area (Å²) in [4.78, 5) is 31.4. The van der Waals surface area contributed by atoms with E-state index in [1.54, 1.807) is 29.3 Å². The fourth-order valence-electron chi connectivity index (χ4n) is 4.67. The molecule has 3 N–H and O–H groups in total. The number of carbonyl (C=O) groups excluding carboxylic acids is 1. The van der Waals surface area contributed by atoms with Gasteiger partial charge in [0, 0.05) is 27.1 Å². The van der Waals surface area contributed by atoms with Gasteiger partial charge in [-0.05, 0) is 41.7 Å². The van der Waals surface area contributed by atoms with Crippen molar-refractivity contribution in [2.45, 2.75) is 37.0 Å². The fourth-order valence-corrected chi connectivity index (χ4v) is 5.55. The number of carbonyl (C=O) groups is 1. The lowest BCUT2D eigenvalue weighted by atomic mass is 9.86. The number of fused-ring (bicyclic) bond motifs is 5. The van der Waals surface area contributed by atoms with Gasteiger partial charge in [0.15, 0.2) is 5.60 Å². The quantitative estimate of drug-likeness (QED) is 0.361. The maximum absolute atomic E-state index is 13.3. The molecule has 3 aliphatic heterocycles. The van der Waals surface area contributed by atoms with Crippen LogP contribution in [0.4, 0.5) is 5.69 Å². The van der Waals surface area contributed by atoms with Crippen LogP contribution in [0.3, 0.4) is 0 Å². The molecule has 1 atom stereocenters. The molecule has 0 saturated carbocycles. The van der Waals surface area contributed by atoms with Gasteiger partial charge in [-0.25, -0.2) is 9.78 Å². The maximum atomic E-state index is 13.3. The van der Waals surface area contributed by atoms with Gasteiger partial charge in [0.1, 0.15) is 6.61 Å². The van der Waals surface area contributed by atoms with Crippen molar-refractivity contribution >= 4 is 40.4 Å². The topological polar surface area (TPSA) is 107 Å². The lowest BCUT2D eigenvalue weighted by Crippen LogP contribution is -2.44. The van der Waals surface area contributed by atoms with Gasteiger partial charge >= 0.3 is 5.97 Å². The van der Waals surface area contributed by atoms with E-state index in [9.17, 15) is 14.7 Å². The Morgan fingerprint density at radius 1 is 1.33 bits per heavy atom. The number of rotatable bonds is 1. The molecule has 0 spiro atoms. The minimum absolute atomic E-state index is 0.119. The number of aliphatic hydroxyl groups is 1. The van der Waals surface area contributed by atoms with Gasteiger partial charge in [-0.15, -0.1) is 0 Å². The predicted molar refractivity (Wildman–Crippen MR) is 114 cm³/mol. The van der Waals surface area contributed by atoms with Crippen LogP contribution in [-0.2, 0) is 28.3 Å². The van der Waals surface area contributed by atoms with E-state index in [1.165, 1.54) is 0 Å². The van der Waals surface area contributed by atoms with E-state index in [0.29, 0.717) is 34.7 Å². The summed E-state index contributed by atoms with van der Waals surface area (Å²) in [6, 6.07) is 5.46. The molecular weight excluding hydrogens is 402 g/mol. The summed E-state index contributed by atoms with van der Waals surface area (Å²) >= 11 is 1.56. The average molecular weight is 419 g/mol. The standard InChI is InChI=1S/C22H17N3O4S/c1-2-22(28)13-7-16-18-11(8-25(16)20(26)12(13)9-29-21(22)27)10-5-6-30-19-14(23)3-4-15(24-18)17(10)19/h3-7,28H,2,8-9,23H2,1H3/t22-/m0/s1. The lowest BCUT2D eigenvalue weighted by molar-refractivity contribution is -0.172. The van der Waals surface area contributed by atoms with Crippen LogP contribution in [0.5, 0.6) is 0 Å². The SMILES string of the molecule is CC[C@@]1(O)C(=O)OCc2c1cc1n(c2=O)Cc2c-1nc1ccc(N)c3c1c2C=CS3. The van der Waals surface area contributed by atoms with E-state index in [0.717, 1.165) is 26.9 Å². The van der Waals surface area contributed by atoms with Gasteiger partial charge in [-0.2, -0.15) is 0 Å². The number of nitrogen functional groups attached to an aromatic ring is 1. The second-order valence-electron chi connectivity index (χ2n) is 7.75. The Kier molecular flexibility index (Phi) is 3.39. The van der Waals surface area contributed by atoms with Gasteiger partial charge in [-0.3, -0.25) is 4.79 Å². The smallest absolute Gasteiger partial charge is 0.343 e. The summed E-state index contributed by atoms with van der Waals surface area (Å²) in [6.07, 6.45) is 2.15. The highest BCUT2D eigenvalue weighted by atomic mass is 32.2. The van der Waals surface area contributed by atoms with E-state index in [-0.39, 0.29) is 18.6 Å². The molecule has 7 nitrogen and oxygen atoms in total. The van der Waals surface area contributed by atoms with Crippen molar-refractivity contribution in [1.29, 1.82) is 0 Å². The van der Waals surface area contributed by atoms with E-state index >= 15 is 0 Å². The molecule has 0 aliphatic carbocycles. The Hall–Kier alpha value is -3.10. The zero-order valence-electron chi connectivity index (χ0n) is 16.1. The predicted octanol–water partition coefficient (Wildman–Crippen LogP) is 2.74. The fraction of sp³-hybridized carbons (Fsp3) is 0.227. The minimum atomic E-state index is -1.83. The molecule has 0 radical (unpaired) electrons. The number of benzene rings is 1. The van der Waals surface area contributed by atoms with Crippen LogP contribution in [0.1, 0.15) is 35.6 Å². The third-order valence-corrected chi connectivity index (χ3v) is 7.25. The highest BCUT2D eigenvalue weighted by Crippen LogP contribution is 2.45. The van der Waals surface area contributed by atoms with Crippen molar-refractivity contribution < 1.29 is 14.6 Å². The molecule has 6 rings (SSSR count). The number of hydrogen-bond acceptors (Lipinski definition) is 7. The normalized spacial score (nSPS) is 20.7. The molecule has 3 aliphatic rings. The van der Waals surface area contributed by atoms with Crippen LogP contribution in [-0.4, -0.2) is 20.6 Å². The van der Waals surface area contributed by atoms with Crippen LogP contribution in [0, 0.1) is 0 Å². The maximum Gasteiger partial charge on any atom is 0.343 e. The molecule has 0 bridgehead atoms. The van der Waals surface area contributed by atoms with Gasteiger partial charge in [-0.1, -0.05) is 18.7 Å². The van der Waals surface area contributed by atoms with Gasteiger partial charge in [0.25, 0.3) is 5.56 Å². The summed E-state index contributed by atoms with van der Waals surface area (Å²) in [5, 5.41) is 14.0. The van der Waals surface area contributed by atoms with E-state index in [2.05, 4.69) is 0 Å². The van der Waals surface area contributed by atoms with Gasteiger partial charge in [0.05, 0.1) is 29.0 Å². The monoisotopic (exact) mass is 419 g/mol. The summed E-state index contributed by atoms with van der Waals surface area (Å²) < 4.78 is 6.78. The molecule has 2 aromatic heterocycles. The molecule has 8 heteroatoms. The average Bonchev–Trinajstić information content (AvgIpc) is 3.13. The Morgan fingerprint density at radius 3 is 2.97 bits per heavy atom. The zero-order valence-corrected chi connectivity index (χ0v) is 16.9. The van der Waals surface area contributed by atoms with Gasteiger partial charge < -0.3 is 20.1 Å². The summed E-state index contributed by atoms with van der Waals surface area (Å²) in [6.45, 7) is 1.93. The van der Waals surface area contributed by atoms with Crippen molar-refractivity contribution in [2.24, 2.45) is 0 Å². The lowest BCUT2D eigenvalue weighted by Gasteiger charge is -2.31. The first kappa shape index (κ1) is 17.7. The van der Waals surface area contributed by atoms with Crippen LogP contribution in [0.25, 0.3) is 28.4 Å². The molecule has 0 amide bonds. The van der Waals surface area contributed by atoms with Crippen molar-refractivity contribution in [1.82, 2.24) is 9.55 Å².